The van der Waals surface area contributed by atoms with E-state index >= 15 is 0 Å². The normalized spacial score (nSPS) is 13.9. The molecule has 1 aliphatic heterocycles. The third kappa shape index (κ3) is 1.69. The fourth-order valence-corrected chi connectivity index (χ4v) is 1.70. The molecule has 0 saturated heterocycles. The molecule has 16 heavy (non-hydrogen) atoms. The molecule has 0 aromatic heterocycles. The highest BCUT2D eigenvalue weighted by Gasteiger charge is 2.22. The minimum atomic E-state index is -0.491. The van der Waals surface area contributed by atoms with Crippen molar-refractivity contribution in [2.24, 2.45) is 0 Å². The Labute approximate surface area is 91.4 Å². The van der Waals surface area contributed by atoms with Gasteiger partial charge in [-0.2, -0.15) is 0 Å². The Morgan fingerprint density at radius 2 is 2.19 bits per heavy atom. The molecule has 0 bridgehead atoms. The van der Waals surface area contributed by atoms with Crippen LogP contribution >= 0.6 is 0 Å². The van der Waals surface area contributed by atoms with Crippen LogP contribution in [0.15, 0.2) is 12.1 Å². The second-order valence-corrected chi connectivity index (χ2v) is 3.49. The maximum Gasteiger partial charge on any atom is 0.311 e. The van der Waals surface area contributed by atoms with Gasteiger partial charge in [-0.1, -0.05) is 0 Å². The highest BCUT2D eigenvalue weighted by Crippen LogP contribution is 2.35. The fourth-order valence-electron chi connectivity index (χ4n) is 1.70. The van der Waals surface area contributed by atoms with E-state index in [-0.39, 0.29) is 17.3 Å². The lowest BCUT2D eigenvalue weighted by molar-refractivity contribution is -0.385. The molecule has 0 spiro atoms. The third-order valence-electron chi connectivity index (χ3n) is 2.50. The predicted octanol–water partition coefficient (Wildman–Crippen LogP) is 1.49. The average molecular weight is 222 g/mol. The summed E-state index contributed by atoms with van der Waals surface area (Å²) in [5.74, 6) is 0.0781. The number of nitrogens with one attached hydrogen (secondary N) is 1. The summed E-state index contributed by atoms with van der Waals surface area (Å²) in [6, 6.07) is 2.94. The first-order valence-electron chi connectivity index (χ1n) is 4.77. The molecule has 1 aromatic carbocycles. The lowest BCUT2D eigenvalue weighted by Gasteiger charge is -2.17. The average Bonchev–Trinajstić information content (AvgIpc) is 2.26. The van der Waals surface area contributed by atoms with Gasteiger partial charge in [-0.05, 0) is 12.0 Å². The molecule has 6 nitrogen and oxygen atoms in total. The van der Waals surface area contributed by atoms with Gasteiger partial charge in [-0.15, -0.1) is 0 Å². The van der Waals surface area contributed by atoms with Crippen LogP contribution in [0.1, 0.15) is 12.0 Å². The first-order chi connectivity index (χ1) is 7.61. The van der Waals surface area contributed by atoms with E-state index in [1.165, 1.54) is 19.2 Å². The maximum atomic E-state index is 11.2. The number of hydrogen-bond acceptors (Lipinski definition) is 4. The maximum absolute atomic E-state index is 11.2. The summed E-state index contributed by atoms with van der Waals surface area (Å²) in [7, 11) is 1.36. The molecule has 1 aromatic rings. The van der Waals surface area contributed by atoms with Crippen molar-refractivity contribution in [3.05, 3.63) is 27.8 Å². The molecule has 0 atom stereocenters. The molecule has 1 heterocycles. The van der Waals surface area contributed by atoms with Crippen LogP contribution in [0.3, 0.4) is 0 Å². The van der Waals surface area contributed by atoms with Crippen LogP contribution in [0.2, 0.25) is 0 Å². The van der Waals surface area contributed by atoms with Gasteiger partial charge in [-0.3, -0.25) is 14.9 Å². The number of fused-ring (bicyclic) bond motifs is 1. The van der Waals surface area contributed by atoms with Crippen molar-refractivity contribution in [2.75, 3.05) is 12.4 Å². The lowest BCUT2D eigenvalue weighted by Crippen LogP contribution is -2.19. The Morgan fingerprint density at radius 1 is 1.44 bits per heavy atom. The number of nitro benzene ring substituents is 1. The van der Waals surface area contributed by atoms with Crippen LogP contribution in [-0.2, 0) is 11.2 Å². The minimum absolute atomic E-state index is 0.0719. The second-order valence-electron chi connectivity index (χ2n) is 3.49. The second kappa shape index (κ2) is 3.80. The first-order valence-corrected chi connectivity index (χ1v) is 4.77. The molecule has 0 unspecified atom stereocenters. The molecular formula is C10H10N2O4. The largest absolute Gasteiger partial charge is 0.490 e. The van der Waals surface area contributed by atoms with E-state index in [1.54, 1.807) is 0 Å². The summed E-state index contributed by atoms with van der Waals surface area (Å²) in [5.41, 5.74) is 1.29. The number of ether oxygens (including phenoxy) is 1. The fraction of sp³-hybridized carbons (Fsp3) is 0.300. The summed E-state index contributed by atoms with van der Waals surface area (Å²) >= 11 is 0. The molecular weight excluding hydrogens is 212 g/mol. The summed E-state index contributed by atoms with van der Waals surface area (Å²) in [6.45, 7) is 0. The molecule has 6 heteroatoms. The minimum Gasteiger partial charge on any atom is -0.490 e. The van der Waals surface area contributed by atoms with Gasteiger partial charge in [0.2, 0.25) is 5.91 Å². The Morgan fingerprint density at radius 3 is 2.81 bits per heavy atom. The van der Waals surface area contributed by atoms with Crippen LogP contribution in [0.5, 0.6) is 5.75 Å². The van der Waals surface area contributed by atoms with Crippen molar-refractivity contribution in [3.63, 3.8) is 0 Å². The first kappa shape index (κ1) is 10.4. The Bertz CT molecular complexity index is 470. The van der Waals surface area contributed by atoms with Crippen molar-refractivity contribution in [2.45, 2.75) is 12.8 Å². The molecule has 2 rings (SSSR count). The van der Waals surface area contributed by atoms with E-state index in [9.17, 15) is 14.9 Å². The highest BCUT2D eigenvalue weighted by molar-refractivity contribution is 5.94. The van der Waals surface area contributed by atoms with Crippen molar-refractivity contribution < 1.29 is 14.5 Å². The number of rotatable bonds is 2. The van der Waals surface area contributed by atoms with E-state index in [1.807, 2.05) is 0 Å². The molecule has 84 valence electrons. The van der Waals surface area contributed by atoms with Crippen molar-refractivity contribution in [1.82, 2.24) is 0 Å². The van der Waals surface area contributed by atoms with Gasteiger partial charge in [0.15, 0.2) is 5.75 Å². The van der Waals surface area contributed by atoms with Crippen LogP contribution < -0.4 is 10.1 Å². The molecule has 0 radical (unpaired) electrons. The lowest BCUT2D eigenvalue weighted by atomic mass is 10.0. The summed E-state index contributed by atoms with van der Waals surface area (Å²) in [4.78, 5) is 21.4. The number of methoxy groups -OCH3 is 1. The summed E-state index contributed by atoms with van der Waals surface area (Å²) in [6.07, 6.45) is 0.877. The van der Waals surface area contributed by atoms with E-state index in [0.29, 0.717) is 18.5 Å². The third-order valence-corrected chi connectivity index (χ3v) is 2.50. The number of amides is 1. The highest BCUT2D eigenvalue weighted by atomic mass is 16.6. The SMILES string of the molecule is COc1cc2c(cc1[N+](=O)[O-])CCC(=O)N2. The standard InChI is InChI=1S/C10H10N2O4/c1-16-9-5-7-6(2-3-10(13)11-7)4-8(9)12(14)15/h4-5H,2-3H2,1H3,(H,11,13). The van der Waals surface area contributed by atoms with Gasteiger partial charge in [0, 0.05) is 24.2 Å². The van der Waals surface area contributed by atoms with Crippen molar-refractivity contribution in [3.8, 4) is 5.75 Å². The molecule has 0 aliphatic carbocycles. The van der Waals surface area contributed by atoms with Gasteiger partial charge in [0.1, 0.15) is 0 Å². The van der Waals surface area contributed by atoms with Crippen molar-refractivity contribution >= 4 is 17.3 Å². The molecule has 0 fully saturated rings. The molecule has 1 aliphatic rings. The number of benzene rings is 1. The number of nitro groups is 1. The number of hydrogen-bond donors (Lipinski definition) is 1. The van der Waals surface area contributed by atoms with Crippen molar-refractivity contribution in [1.29, 1.82) is 0 Å². The predicted molar refractivity (Wildman–Crippen MR) is 56.6 cm³/mol. The van der Waals surface area contributed by atoms with Crippen LogP contribution in [0.25, 0.3) is 0 Å². The monoisotopic (exact) mass is 222 g/mol. The molecule has 1 amide bonds. The van der Waals surface area contributed by atoms with E-state index in [2.05, 4.69) is 5.32 Å². The topological polar surface area (TPSA) is 81.5 Å². The Balaban J connectivity index is 2.52. The summed E-state index contributed by atoms with van der Waals surface area (Å²) < 4.78 is 4.91. The zero-order valence-electron chi connectivity index (χ0n) is 8.65. The molecule has 0 saturated carbocycles. The number of aryl methyl sites for hydroxylation is 1. The smallest absolute Gasteiger partial charge is 0.311 e. The number of anilines is 1. The number of carbonyl (C=O) groups is 1. The zero-order valence-corrected chi connectivity index (χ0v) is 8.65. The number of nitrogens with zero attached hydrogens (tertiary/aromatic N) is 1. The Hall–Kier alpha value is -2.11. The quantitative estimate of drug-likeness (QED) is 0.607. The summed E-state index contributed by atoms with van der Waals surface area (Å²) in [5, 5.41) is 13.4. The van der Waals surface area contributed by atoms with Gasteiger partial charge >= 0.3 is 5.69 Å². The zero-order chi connectivity index (χ0) is 11.7. The van der Waals surface area contributed by atoms with Crippen LogP contribution in [0.4, 0.5) is 11.4 Å². The number of carbonyl (C=O) groups excluding carboxylic acids is 1. The van der Waals surface area contributed by atoms with E-state index in [4.69, 9.17) is 4.74 Å². The van der Waals surface area contributed by atoms with Gasteiger partial charge in [0.25, 0.3) is 0 Å². The van der Waals surface area contributed by atoms with Gasteiger partial charge < -0.3 is 10.1 Å². The van der Waals surface area contributed by atoms with E-state index in [0.717, 1.165) is 5.56 Å². The van der Waals surface area contributed by atoms with Crippen LogP contribution in [0, 0.1) is 10.1 Å². The molecule has 1 N–H and O–H groups in total. The van der Waals surface area contributed by atoms with Crippen LogP contribution in [-0.4, -0.2) is 17.9 Å². The Kier molecular flexibility index (Phi) is 2.47. The van der Waals surface area contributed by atoms with Gasteiger partial charge in [0.05, 0.1) is 12.0 Å². The van der Waals surface area contributed by atoms with Gasteiger partial charge in [-0.25, -0.2) is 0 Å². The van der Waals surface area contributed by atoms with E-state index < -0.39 is 4.92 Å².